The average Bonchev–Trinajstić information content (AvgIpc) is 2.55. The van der Waals surface area contributed by atoms with E-state index in [1.54, 1.807) is 0 Å². The summed E-state index contributed by atoms with van der Waals surface area (Å²) in [5, 5.41) is 0. The average molecular weight is 494 g/mol. The van der Waals surface area contributed by atoms with Gasteiger partial charge in [-0.05, 0) is 48.5 Å². The van der Waals surface area contributed by atoms with Crippen molar-refractivity contribution in [2.45, 2.75) is 0 Å². The first kappa shape index (κ1) is 20.1. The molecule has 0 amide bonds. The third-order valence-corrected chi connectivity index (χ3v) is 5.21. The Bertz CT molecular complexity index is 755. The molecule has 0 bridgehead atoms. The molecule has 25 heavy (non-hydrogen) atoms. The van der Waals surface area contributed by atoms with Crippen molar-refractivity contribution in [1.29, 1.82) is 0 Å². The molecular formula is C17H11BBr2F4S. The van der Waals surface area contributed by atoms with Crippen molar-refractivity contribution in [3.63, 3.8) is 0 Å². The zero-order chi connectivity index (χ0) is 18.4. The van der Waals surface area contributed by atoms with Gasteiger partial charge in [0.2, 0.25) is 21.1 Å². The largest absolute Gasteiger partial charge is 0.673 e. The molecule has 130 valence electrons. The van der Waals surface area contributed by atoms with E-state index in [1.807, 2.05) is 11.3 Å². The van der Waals surface area contributed by atoms with E-state index in [2.05, 4.69) is 98.6 Å². The van der Waals surface area contributed by atoms with Gasteiger partial charge in [0.25, 0.3) is 0 Å². The second-order valence-electron chi connectivity index (χ2n) is 4.87. The third-order valence-electron chi connectivity index (χ3n) is 2.97. The van der Waals surface area contributed by atoms with Crippen LogP contribution in [0.2, 0.25) is 0 Å². The Balaban J connectivity index is 0.000000399. The van der Waals surface area contributed by atoms with E-state index in [1.165, 1.54) is 20.9 Å². The van der Waals surface area contributed by atoms with Crippen molar-refractivity contribution in [2.24, 2.45) is 0 Å². The fourth-order valence-electron chi connectivity index (χ4n) is 1.95. The van der Waals surface area contributed by atoms with Gasteiger partial charge in [0, 0.05) is 32.2 Å². The predicted octanol–water partition coefficient (Wildman–Crippen LogP) is 8.19. The molecule has 0 saturated heterocycles. The lowest BCUT2D eigenvalue weighted by molar-refractivity contribution is 0.368. The molecule has 0 nitrogen and oxygen atoms in total. The van der Waals surface area contributed by atoms with Gasteiger partial charge in [0.05, 0.1) is 0 Å². The number of halogens is 6. The summed E-state index contributed by atoms with van der Waals surface area (Å²) >= 11 is 8.76. The molecule has 0 aliphatic carbocycles. The summed E-state index contributed by atoms with van der Waals surface area (Å²) < 4.78 is 41.2. The molecule has 8 heteroatoms. The van der Waals surface area contributed by atoms with Gasteiger partial charge in [-0.25, -0.2) is 0 Å². The zero-order valence-corrected chi connectivity index (χ0v) is 16.6. The van der Waals surface area contributed by atoms with Gasteiger partial charge in [-0.1, -0.05) is 37.9 Å². The molecule has 2 aromatic carbocycles. The topological polar surface area (TPSA) is 0 Å². The van der Waals surface area contributed by atoms with Crippen molar-refractivity contribution in [1.82, 2.24) is 0 Å². The summed E-state index contributed by atoms with van der Waals surface area (Å²) in [7, 11) is -6.00. The molecule has 1 heterocycles. The van der Waals surface area contributed by atoms with Crippen LogP contribution in [0.1, 0.15) is 0 Å². The molecule has 0 unspecified atom stereocenters. The summed E-state index contributed by atoms with van der Waals surface area (Å²) in [6, 6.07) is 23.3. The van der Waals surface area contributed by atoms with E-state index in [0.717, 1.165) is 8.95 Å². The molecule has 0 fully saturated rings. The summed E-state index contributed by atoms with van der Waals surface area (Å²) in [4.78, 5) is 2.55. The third kappa shape index (κ3) is 7.26. The predicted molar refractivity (Wildman–Crippen MR) is 105 cm³/mol. The van der Waals surface area contributed by atoms with Crippen molar-refractivity contribution in [3.05, 3.63) is 75.7 Å². The van der Waals surface area contributed by atoms with Crippen LogP contribution < -0.4 is 0 Å². The Kier molecular flexibility index (Phi) is 7.16. The molecule has 0 radical (unpaired) electrons. The first-order chi connectivity index (χ1) is 11.7. The van der Waals surface area contributed by atoms with Crippen molar-refractivity contribution in [3.8, 4) is 20.9 Å². The summed E-state index contributed by atoms with van der Waals surface area (Å²) in [5.41, 5.74) is 2.49. The number of benzene rings is 2. The minimum atomic E-state index is -6.00. The standard InChI is InChI=1S/C17H11Br2S.BF4/c18-14-8-4-12(5-9-14)16-2-1-3-17(20-16)13-6-10-15(19)11-7-13;2-1(3,4)5/h1-11H;/q+1;-1. The molecule has 0 saturated carbocycles. The maximum atomic E-state index is 9.75. The van der Waals surface area contributed by atoms with Crippen LogP contribution in [0.15, 0.2) is 75.7 Å². The molecule has 1 aromatic heterocycles. The van der Waals surface area contributed by atoms with Crippen LogP contribution in [0.25, 0.3) is 20.9 Å². The monoisotopic (exact) mass is 492 g/mol. The molecule has 0 N–H and O–H groups in total. The Morgan fingerprint density at radius 3 is 1.24 bits per heavy atom. The van der Waals surface area contributed by atoms with Crippen molar-refractivity contribution in [2.75, 3.05) is 0 Å². The van der Waals surface area contributed by atoms with Gasteiger partial charge in [0.1, 0.15) is 0 Å². The SMILES string of the molecule is Brc1ccc(-c2cccc(-c3ccc(Br)cc3)[s+]2)cc1.F[B-](F)(F)F. The minimum Gasteiger partial charge on any atom is -0.418 e. The van der Waals surface area contributed by atoms with Gasteiger partial charge in [-0.15, -0.1) is 0 Å². The second kappa shape index (κ2) is 8.92. The van der Waals surface area contributed by atoms with E-state index in [9.17, 15) is 17.3 Å². The quantitative estimate of drug-likeness (QED) is 0.192. The normalized spacial score (nSPS) is 10.8. The van der Waals surface area contributed by atoms with E-state index >= 15 is 0 Å². The minimum absolute atomic E-state index is 1.11. The van der Waals surface area contributed by atoms with Gasteiger partial charge >= 0.3 is 7.25 Å². The van der Waals surface area contributed by atoms with E-state index in [-0.39, 0.29) is 0 Å². The van der Waals surface area contributed by atoms with Crippen LogP contribution in [0.4, 0.5) is 17.3 Å². The maximum absolute atomic E-state index is 9.75. The van der Waals surface area contributed by atoms with Crippen molar-refractivity contribution >= 4 is 50.5 Å². The smallest absolute Gasteiger partial charge is 0.418 e. The molecule has 0 aliphatic rings. The van der Waals surface area contributed by atoms with Gasteiger partial charge in [-0.3, -0.25) is 0 Å². The van der Waals surface area contributed by atoms with Crippen LogP contribution >= 0.6 is 43.2 Å². The Morgan fingerprint density at radius 1 is 0.600 bits per heavy atom. The Hall–Kier alpha value is -1.25. The highest BCUT2D eigenvalue weighted by Crippen LogP contribution is 2.33. The number of hydrogen-bond donors (Lipinski definition) is 0. The fourth-order valence-corrected chi connectivity index (χ4v) is 3.51. The van der Waals surface area contributed by atoms with Gasteiger partial charge < -0.3 is 17.3 Å². The number of hydrogen-bond acceptors (Lipinski definition) is 0. The highest BCUT2D eigenvalue weighted by Gasteiger charge is 2.20. The van der Waals surface area contributed by atoms with Crippen molar-refractivity contribution < 1.29 is 17.3 Å². The van der Waals surface area contributed by atoms with Crippen LogP contribution in [0.3, 0.4) is 0 Å². The fraction of sp³-hybridized carbons (Fsp3) is 0. The van der Waals surface area contributed by atoms with Crippen LogP contribution in [0, 0.1) is 0 Å². The van der Waals surface area contributed by atoms with E-state index in [4.69, 9.17) is 0 Å². The summed E-state index contributed by atoms with van der Waals surface area (Å²) in [5.74, 6) is 0. The Morgan fingerprint density at radius 2 is 0.920 bits per heavy atom. The molecule has 3 aromatic rings. The van der Waals surface area contributed by atoms with Gasteiger partial charge in [-0.2, -0.15) is 0 Å². The van der Waals surface area contributed by atoms with Crippen LogP contribution in [-0.4, -0.2) is 7.25 Å². The maximum Gasteiger partial charge on any atom is 0.673 e. The van der Waals surface area contributed by atoms with Crippen LogP contribution in [-0.2, 0) is 0 Å². The molecule has 0 aliphatic heterocycles. The number of rotatable bonds is 2. The lowest BCUT2D eigenvalue weighted by atomic mass is 10.1. The lowest BCUT2D eigenvalue weighted by Crippen LogP contribution is -2.02. The summed E-state index contributed by atoms with van der Waals surface area (Å²) in [6.07, 6.45) is 0. The van der Waals surface area contributed by atoms with E-state index in [0.29, 0.717) is 0 Å². The second-order valence-corrected chi connectivity index (χ2v) is 7.78. The summed E-state index contributed by atoms with van der Waals surface area (Å²) in [6.45, 7) is 0. The van der Waals surface area contributed by atoms with E-state index < -0.39 is 7.25 Å². The van der Waals surface area contributed by atoms with Crippen LogP contribution in [0.5, 0.6) is 0 Å². The lowest BCUT2D eigenvalue weighted by Gasteiger charge is -1.96. The Labute approximate surface area is 163 Å². The highest BCUT2D eigenvalue weighted by molar-refractivity contribution is 9.10. The molecule has 0 spiro atoms. The molecule has 0 atom stereocenters. The zero-order valence-electron chi connectivity index (χ0n) is 12.6. The first-order valence-electron chi connectivity index (χ1n) is 7.05. The van der Waals surface area contributed by atoms with Gasteiger partial charge in [0.15, 0.2) is 0 Å². The highest BCUT2D eigenvalue weighted by atomic mass is 79.9. The first-order valence-corrected chi connectivity index (χ1v) is 9.45. The molecular weight excluding hydrogens is 483 g/mol. The molecule has 3 rings (SSSR count).